The summed E-state index contributed by atoms with van der Waals surface area (Å²) in [5.74, 6) is 0.499. The van der Waals surface area contributed by atoms with Crippen molar-refractivity contribution in [3.63, 3.8) is 0 Å². The van der Waals surface area contributed by atoms with Gasteiger partial charge in [-0.1, -0.05) is 18.2 Å². The molecule has 0 spiro atoms. The molecular weight excluding hydrogens is 334 g/mol. The van der Waals surface area contributed by atoms with Crippen molar-refractivity contribution in [2.75, 3.05) is 6.26 Å². The first-order valence-corrected chi connectivity index (χ1v) is 9.12. The van der Waals surface area contributed by atoms with Gasteiger partial charge in [-0.2, -0.15) is 0 Å². The van der Waals surface area contributed by atoms with Crippen molar-refractivity contribution in [3.05, 3.63) is 71.2 Å². The van der Waals surface area contributed by atoms with Crippen LogP contribution in [0.4, 0.5) is 0 Å². The van der Waals surface area contributed by atoms with E-state index in [2.05, 4.69) is 4.99 Å². The number of para-hydroxylation sites is 1. The Labute approximate surface area is 149 Å². The minimum atomic E-state index is -0.391. The fourth-order valence-electron chi connectivity index (χ4n) is 3.35. The standard InChI is InChI=1S/C19H17N3O2S/c1-11-14(19(23)24-12-7-4-3-5-8-12)15-13-9-6-10-22(13)17(20)16(15)18(21-11)25-2/h3-10,15H,20H2,1-2H3. The van der Waals surface area contributed by atoms with E-state index in [0.29, 0.717) is 22.8 Å². The van der Waals surface area contributed by atoms with Crippen LogP contribution in [-0.4, -0.2) is 21.8 Å². The number of fused-ring (bicyclic) bond motifs is 3. The zero-order valence-corrected chi connectivity index (χ0v) is 14.7. The van der Waals surface area contributed by atoms with Gasteiger partial charge in [0.25, 0.3) is 0 Å². The molecule has 2 aliphatic rings. The van der Waals surface area contributed by atoms with Crippen molar-refractivity contribution in [1.29, 1.82) is 0 Å². The molecule has 0 amide bonds. The lowest BCUT2D eigenvalue weighted by Crippen LogP contribution is -2.24. The number of ether oxygens (including phenoxy) is 1. The summed E-state index contributed by atoms with van der Waals surface area (Å²) < 4.78 is 7.50. The van der Waals surface area contributed by atoms with Crippen molar-refractivity contribution in [2.45, 2.75) is 12.8 Å². The van der Waals surface area contributed by atoms with E-state index in [1.807, 2.05) is 54.3 Å². The average molecular weight is 351 g/mol. The Morgan fingerprint density at radius 1 is 1.24 bits per heavy atom. The van der Waals surface area contributed by atoms with E-state index in [1.54, 1.807) is 12.1 Å². The molecule has 2 aliphatic heterocycles. The Balaban J connectivity index is 1.81. The van der Waals surface area contributed by atoms with Crippen LogP contribution < -0.4 is 10.5 Å². The van der Waals surface area contributed by atoms with Gasteiger partial charge in [0.05, 0.1) is 17.2 Å². The largest absolute Gasteiger partial charge is 0.423 e. The summed E-state index contributed by atoms with van der Waals surface area (Å²) in [5, 5.41) is 0.847. The van der Waals surface area contributed by atoms with E-state index in [0.717, 1.165) is 16.3 Å². The normalized spacial score (nSPS) is 18.8. The second-order valence-electron chi connectivity index (χ2n) is 5.86. The maximum atomic E-state index is 12.9. The van der Waals surface area contributed by atoms with Crippen molar-refractivity contribution in [1.82, 2.24) is 4.57 Å². The smallest absolute Gasteiger partial charge is 0.342 e. The number of rotatable bonds is 2. The number of nitrogens with zero attached hydrogens (tertiary/aromatic N) is 2. The minimum absolute atomic E-state index is 0.244. The number of hydrogen-bond donors (Lipinski definition) is 1. The number of aliphatic imine (C=N–C) groups is 1. The Morgan fingerprint density at radius 3 is 2.72 bits per heavy atom. The number of benzene rings is 1. The molecule has 1 aromatic heterocycles. The molecular formula is C19H17N3O2S. The molecule has 0 bridgehead atoms. The van der Waals surface area contributed by atoms with Crippen LogP contribution in [0.3, 0.4) is 0 Å². The third-order valence-corrected chi connectivity index (χ3v) is 5.14. The number of esters is 1. The molecule has 1 atom stereocenters. The number of aromatic nitrogens is 1. The van der Waals surface area contributed by atoms with Gasteiger partial charge in [0.1, 0.15) is 16.6 Å². The summed E-state index contributed by atoms with van der Waals surface area (Å²) in [5.41, 5.74) is 9.40. The topological polar surface area (TPSA) is 69.6 Å². The number of nitrogens with two attached hydrogens (primary N) is 1. The molecule has 1 unspecified atom stereocenters. The molecule has 5 nitrogen and oxygen atoms in total. The van der Waals surface area contributed by atoms with Crippen molar-refractivity contribution in [2.24, 2.45) is 10.7 Å². The average Bonchev–Trinajstić information content (AvgIpc) is 3.18. The van der Waals surface area contributed by atoms with Crippen LogP contribution in [0.2, 0.25) is 0 Å². The van der Waals surface area contributed by atoms with E-state index in [9.17, 15) is 4.79 Å². The predicted molar refractivity (Wildman–Crippen MR) is 100 cm³/mol. The van der Waals surface area contributed by atoms with E-state index in [1.165, 1.54) is 11.8 Å². The van der Waals surface area contributed by atoms with Crippen LogP contribution in [0.1, 0.15) is 18.5 Å². The van der Waals surface area contributed by atoms with E-state index in [-0.39, 0.29) is 5.92 Å². The maximum absolute atomic E-state index is 12.9. The van der Waals surface area contributed by atoms with Gasteiger partial charge in [0.15, 0.2) is 0 Å². The lowest BCUT2D eigenvalue weighted by atomic mass is 9.87. The summed E-state index contributed by atoms with van der Waals surface area (Å²) in [6.07, 6.45) is 3.87. The molecule has 1 aromatic carbocycles. The Morgan fingerprint density at radius 2 is 2.00 bits per heavy atom. The molecule has 0 radical (unpaired) electrons. The fourth-order valence-corrected chi connectivity index (χ4v) is 4.02. The summed E-state index contributed by atoms with van der Waals surface area (Å²) in [7, 11) is 0. The minimum Gasteiger partial charge on any atom is -0.423 e. The zero-order valence-electron chi connectivity index (χ0n) is 13.9. The van der Waals surface area contributed by atoms with E-state index in [4.69, 9.17) is 10.5 Å². The van der Waals surface area contributed by atoms with Crippen molar-refractivity contribution < 1.29 is 9.53 Å². The highest BCUT2D eigenvalue weighted by Gasteiger charge is 2.42. The van der Waals surface area contributed by atoms with Gasteiger partial charge < -0.3 is 15.0 Å². The highest BCUT2D eigenvalue weighted by atomic mass is 32.2. The second-order valence-corrected chi connectivity index (χ2v) is 6.65. The van der Waals surface area contributed by atoms with Crippen molar-refractivity contribution in [3.8, 4) is 5.75 Å². The summed E-state index contributed by atoms with van der Waals surface area (Å²) in [6.45, 7) is 1.84. The molecule has 2 N–H and O–H groups in total. The van der Waals surface area contributed by atoms with Crippen LogP contribution in [0.25, 0.3) is 5.82 Å². The number of carbonyl (C=O) groups is 1. The molecule has 0 saturated carbocycles. The summed E-state index contributed by atoms with van der Waals surface area (Å²) in [6, 6.07) is 13.0. The van der Waals surface area contributed by atoms with Gasteiger partial charge in [0.2, 0.25) is 0 Å². The molecule has 6 heteroatoms. The Kier molecular flexibility index (Phi) is 3.77. The fraction of sp³-hybridized carbons (Fsp3) is 0.158. The van der Waals surface area contributed by atoms with Gasteiger partial charge in [-0.05, 0) is 37.4 Å². The van der Waals surface area contributed by atoms with Gasteiger partial charge >= 0.3 is 5.97 Å². The third kappa shape index (κ3) is 2.41. The van der Waals surface area contributed by atoms with Crippen LogP contribution >= 0.6 is 11.8 Å². The molecule has 2 aromatic rings. The first-order chi connectivity index (χ1) is 12.1. The molecule has 25 heavy (non-hydrogen) atoms. The summed E-state index contributed by atoms with van der Waals surface area (Å²) in [4.78, 5) is 17.5. The quantitative estimate of drug-likeness (QED) is 0.665. The monoisotopic (exact) mass is 351 g/mol. The number of thioether (sulfide) groups is 1. The predicted octanol–water partition coefficient (Wildman–Crippen LogP) is 3.37. The molecule has 4 rings (SSSR count). The van der Waals surface area contributed by atoms with Crippen LogP contribution in [0.5, 0.6) is 5.75 Å². The van der Waals surface area contributed by atoms with E-state index >= 15 is 0 Å². The lowest BCUT2D eigenvalue weighted by molar-refractivity contribution is -0.130. The van der Waals surface area contributed by atoms with E-state index < -0.39 is 5.97 Å². The number of carbonyl (C=O) groups excluding carboxylic acids is 1. The third-order valence-electron chi connectivity index (χ3n) is 4.45. The van der Waals surface area contributed by atoms with Gasteiger partial charge in [-0.25, -0.2) is 9.79 Å². The molecule has 126 valence electrons. The summed E-state index contributed by atoms with van der Waals surface area (Å²) >= 11 is 1.53. The van der Waals surface area contributed by atoms with Crippen LogP contribution in [0, 0.1) is 0 Å². The van der Waals surface area contributed by atoms with Crippen LogP contribution in [-0.2, 0) is 4.79 Å². The van der Waals surface area contributed by atoms with Crippen LogP contribution in [0.15, 0.2) is 70.5 Å². The molecule has 0 aliphatic carbocycles. The molecule has 0 saturated heterocycles. The first-order valence-electron chi connectivity index (χ1n) is 7.90. The van der Waals surface area contributed by atoms with Gasteiger partial charge in [-0.15, -0.1) is 11.8 Å². The highest BCUT2D eigenvalue weighted by Crippen LogP contribution is 2.46. The highest BCUT2D eigenvalue weighted by molar-refractivity contribution is 8.13. The number of hydrogen-bond acceptors (Lipinski definition) is 5. The first kappa shape index (κ1) is 15.8. The lowest BCUT2D eigenvalue weighted by Gasteiger charge is -2.24. The van der Waals surface area contributed by atoms with Gasteiger partial charge in [-0.3, -0.25) is 0 Å². The van der Waals surface area contributed by atoms with Gasteiger partial charge in [0, 0.05) is 17.5 Å². The zero-order chi connectivity index (χ0) is 17.6. The second kappa shape index (κ2) is 5.97. The number of allylic oxidation sites excluding steroid dienone is 1. The Hall–Kier alpha value is -2.73. The van der Waals surface area contributed by atoms with Crippen molar-refractivity contribution >= 4 is 28.6 Å². The molecule has 3 heterocycles. The SMILES string of the molecule is CSC1=NC(C)=C(C(=O)Oc2ccccc2)C2C1=C(N)n1cccc12. The Bertz CT molecular complexity index is 954. The maximum Gasteiger partial charge on any atom is 0.342 e. The molecule has 0 fully saturated rings.